The van der Waals surface area contributed by atoms with Crippen LogP contribution < -0.4 is 15.5 Å². The van der Waals surface area contributed by atoms with E-state index in [1.807, 2.05) is 30.9 Å². The lowest BCUT2D eigenvalue weighted by Gasteiger charge is -2.32. The van der Waals surface area contributed by atoms with Gasteiger partial charge in [-0.15, -0.1) is 0 Å². The molecule has 0 radical (unpaired) electrons. The minimum atomic E-state index is -0.663. The maximum absolute atomic E-state index is 12.1. The van der Waals surface area contributed by atoms with Gasteiger partial charge in [-0.05, 0) is 55.9 Å². The van der Waals surface area contributed by atoms with Crippen molar-refractivity contribution in [2.24, 2.45) is 5.92 Å². The van der Waals surface area contributed by atoms with Gasteiger partial charge in [0.25, 0.3) is 0 Å². The summed E-state index contributed by atoms with van der Waals surface area (Å²) in [7, 11) is 0. The molecule has 1 fully saturated rings. The molecule has 0 aliphatic carbocycles. The molecule has 2 N–H and O–H groups in total. The van der Waals surface area contributed by atoms with Crippen molar-refractivity contribution in [1.82, 2.24) is 15.3 Å². The Morgan fingerprint density at radius 1 is 1.14 bits per heavy atom. The summed E-state index contributed by atoms with van der Waals surface area (Å²) < 4.78 is 0. The molecular formula is C21H24N6O2. The Hall–Kier alpha value is -3.47. The summed E-state index contributed by atoms with van der Waals surface area (Å²) in [4.78, 5) is 34.6. The van der Waals surface area contributed by atoms with E-state index in [9.17, 15) is 9.59 Å². The van der Waals surface area contributed by atoms with E-state index in [0.717, 1.165) is 37.1 Å². The SMILES string of the molecule is Cc1ccc(NC(=O)C(=O)NCC2CCN(c3nccnc3C#N)CC2)cc1C. The molecule has 1 saturated heterocycles. The van der Waals surface area contributed by atoms with E-state index in [1.54, 1.807) is 12.3 Å². The first kappa shape index (κ1) is 20.3. The molecule has 1 aliphatic rings. The van der Waals surface area contributed by atoms with Crippen molar-refractivity contribution >= 4 is 23.3 Å². The number of hydrogen-bond donors (Lipinski definition) is 2. The fourth-order valence-corrected chi connectivity index (χ4v) is 3.31. The Bertz CT molecular complexity index is 944. The summed E-state index contributed by atoms with van der Waals surface area (Å²) in [6, 6.07) is 7.60. The average Bonchev–Trinajstić information content (AvgIpc) is 2.75. The van der Waals surface area contributed by atoms with Crippen molar-refractivity contribution in [2.75, 3.05) is 29.9 Å². The number of benzene rings is 1. The number of nitrogens with zero attached hydrogens (tertiary/aromatic N) is 4. The van der Waals surface area contributed by atoms with E-state index in [1.165, 1.54) is 6.20 Å². The minimum Gasteiger partial charge on any atom is -0.354 e. The van der Waals surface area contributed by atoms with E-state index in [2.05, 4.69) is 26.7 Å². The van der Waals surface area contributed by atoms with Crippen LogP contribution in [-0.2, 0) is 9.59 Å². The van der Waals surface area contributed by atoms with Crippen molar-refractivity contribution in [3.63, 3.8) is 0 Å². The van der Waals surface area contributed by atoms with E-state index in [-0.39, 0.29) is 5.92 Å². The lowest BCUT2D eigenvalue weighted by molar-refractivity contribution is -0.136. The molecule has 1 aromatic carbocycles. The van der Waals surface area contributed by atoms with Gasteiger partial charge in [-0.3, -0.25) is 9.59 Å². The van der Waals surface area contributed by atoms with Crippen LogP contribution in [0.3, 0.4) is 0 Å². The number of carbonyl (C=O) groups is 2. The molecular weight excluding hydrogens is 368 g/mol. The Kier molecular flexibility index (Phi) is 6.39. The molecule has 1 aliphatic heterocycles. The van der Waals surface area contributed by atoms with Crippen LogP contribution in [0.1, 0.15) is 29.7 Å². The summed E-state index contributed by atoms with van der Waals surface area (Å²) in [6.07, 6.45) is 4.75. The van der Waals surface area contributed by atoms with Gasteiger partial charge in [0, 0.05) is 37.7 Å². The summed E-state index contributed by atoms with van der Waals surface area (Å²) in [6.45, 7) is 5.84. The smallest absolute Gasteiger partial charge is 0.313 e. The standard InChI is InChI=1S/C21H24N6O2/c1-14-3-4-17(11-15(14)2)26-21(29)20(28)25-13-16-5-9-27(10-6-16)19-18(12-22)23-7-8-24-19/h3-4,7-8,11,16H,5-6,9-10,13H2,1-2H3,(H,25,28)(H,26,29). The molecule has 8 heteroatoms. The number of piperidine rings is 1. The van der Waals surface area contributed by atoms with Gasteiger partial charge in [0.15, 0.2) is 11.5 Å². The lowest BCUT2D eigenvalue weighted by atomic mass is 9.96. The van der Waals surface area contributed by atoms with Gasteiger partial charge in [0.1, 0.15) is 6.07 Å². The van der Waals surface area contributed by atoms with Crippen molar-refractivity contribution in [1.29, 1.82) is 5.26 Å². The molecule has 150 valence electrons. The molecule has 3 rings (SSSR count). The number of amides is 2. The Morgan fingerprint density at radius 3 is 2.55 bits per heavy atom. The third-order valence-corrected chi connectivity index (χ3v) is 5.22. The number of hydrogen-bond acceptors (Lipinski definition) is 6. The van der Waals surface area contributed by atoms with Crippen LogP contribution in [0.4, 0.5) is 11.5 Å². The maximum atomic E-state index is 12.1. The molecule has 0 spiro atoms. The second-order valence-electron chi connectivity index (χ2n) is 7.23. The van der Waals surface area contributed by atoms with Gasteiger partial charge in [0.2, 0.25) is 0 Å². The first-order chi connectivity index (χ1) is 14.0. The van der Waals surface area contributed by atoms with Crippen LogP contribution >= 0.6 is 0 Å². The van der Waals surface area contributed by atoms with Crippen molar-refractivity contribution in [2.45, 2.75) is 26.7 Å². The van der Waals surface area contributed by atoms with Crippen molar-refractivity contribution < 1.29 is 9.59 Å². The Labute approximate surface area is 170 Å². The third kappa shape index (κ3) is 5.08. The summed E-state index contributed by atoms with van der Waals surface area (Å²) in [5.41, 5.74) is 3.11. The summed E-state index contributed by atoms with van der Waals surface area (Å²) >= 11 is 0. The Morgan fingerprint density at radius 2 is 1.86 bits per heavy atom. The first-order valence-electron chi connectivity index (χ1n) is 9.60. The highest BCUT2D eigenvalue weighted by Crippen LogP contribution is 2.23. The molecule has 1 aromatic heterocycles. The molecule has 2 aromatic rings. The highest BCUT2D eigenvalue weighted by atomic mass is 16.2. The second kappa shape index (κ2) is 9.15. The van der Waals surface area contributed by atoms with E-state index < -0.39 is 11.8 Å². The third-order valence-electron chi connectivity index (χ3n) is 5.22. The van der Waals surface area contributed by atoms with Crippen LogP contribution in [0.5, 0.6) is 0 Å². The molecule has 2 heterocycles. The van der Waals surface area contributed by atoms with E-state index in [4.69, 9.17) is 5.26 Å². The average molecular weight is 392 g/mol. The van der Waals surface area contributed by atoms with Gasteiger partial charge >= 0.3 is 11.8 Å². The second-order valence-corrected chi connectivity index (χ2v) is 7.23. The predicted molar refractivity (Wildman–Crippen MR) is 109 cm³/mol. The zero-order valence-corrected chi connectivity index (χ0v) is 16.6. The quantitative estimate of drug-likeness (QED) is 0.769. The van der Waals surface area contributed by atoms with Gasteiger partial charge in [-0.1, -0.05) is 6.07 Å². The number of anilines is 2. The molecule has 2 amide bonds. The number of nitriles is 1. The predicted octanol–water partition coefficient (Wildman–Crippen LogP) is 1.94. The van der Waals surface area contributed by atoms with Gasteiger partial charge in [-0.2, -0.15) is 5.26 Å². The van der Waals surface area contributed by atoms with Crippen LogP contribution in [0, 0.1) is 31.1 Å². The first-order valence-corrected chi connectivity index (χ1v) is 9.60. The topological polar surface area (TPSA) is 111 Å². The fraction of sp³-hybridized carbons (Fsp3) is 0.381. The highest BCUT2D eigenvalue weighted by molar-refractivity contribution is 6.39. The maximum Gasteiger partial charge on any atom is 0.313 e. The van der Waals surface area contributed by atoms with Crippen molar-refractivity contribution in [3.8, 4) is 6.07 Å². The van der Waals surface area contributed by atoms with Gasteiger partial charge < -0.3 is 15.5 Å². The molecule has 29 heavy (non-hydrogen) atoms. The molecule has 0 bridgehead atoms. The van der Waals surface area contributed by atoms with Crippen molar-refractivity contribution in [3.05, 3.63) is 47.4 Å². The molecule has 0 saturated carbocycles. The molecule has 0 unspecified atom stereocenters. The minimum absolute atomic E-state index is 0.270. The van der Waals surface area contributed by atoms with Crippen LogP contribution in [0.2, 0.25) is 0 Å². The number of aryl methyl sites for hydroxylation is 2. The zero-order chi connectivity index (χ0) is 20.8. The fourth-order valence-electron chi connectivity index (χ4n) is 3.31. The summed E-state index contributed by atoms with van der Waals surface area (Å²) in [5.74, 6) is -0.424. The van der Waals surface area contributed by atoms with E-state index >= 15 is 0 Å². The molecule has 8 nitrogen and oxygen atoms in total. The largest absolute Gasteiger partial charge is 0.354 e. The zero-order valence-electron chi connectivity index (χ0n) is 16.6. The number of rotatable bonds is 4. The Balaban J connectivity index is 1.46. The number of nitrogens with one attached hydrogen (secondary N) is 2. The van der Waals surface area contributed by atoms with Crippen LogP contribution in [0.15, 0.2) is 30.6 Å². The highest BCUT2D eigenvalue weighted by Gasteiger charge is 2.23. The number of carbonyl (C=O) groups excluding carboxylic acids is 2. The normalized spacial score (nSPS) is 14.2. The van der Waals surface area contributed by atoms with Gasteiger partial charge in [-0.25, -0.2) is 9.97 Å². The number of aromatic nitrogens is 2. The van der Waals surface area contributed by atoms with Crippen LogP contribution in [-0.4, -0.2) is 41.4 Å². The van der Waals surface area contributed by atoms with Gasteiger partial charge in [0.05, 0.1) is 0 Å². The summed E-state index contributed by atoms with van der Waals surface area (Å²) in [5, 5.41) is 14.5. The van der Waals surface area contributed by atoms with E-state index in [0.29, 0.717) is 23.7 Å². The monoisotopic (exact) mass is 392 g/mol. The molecule has 0 atom stereocenters. The van der Waals surface area contributed by atoms with Crippen LogP contribution in [0.25, 0.3) is 0 Å². The lowest BCUT2D eigenvalue weighted by Crippen LogP contribution is -2.42.